The number of carbonyl (C=O) groups excluding carboxylic acids is 1. The van der Waals surface area contributed by atoms with Crippen LogP contribution < -0.4 is 16.4 Å². The van der Waals surface area contributed by atoms with Crippen LogP contribution in [0.1, 0.15) is 32.8 Å². The van der Waals surface area contributed by atoms with Gasteiger partial charge in [0, 0.05) is 29.7 Å². The van der Waals surface area contributed by atoms with Crippen LogP contribution in [0.15, 0.2) is 30.5 Å². The summed E-state index contributed by atoms with van der Waals surface area (Å²) in [6, 6.07) is 8.25. The Balaban J connectivity index is 1.51. The first kappa shape index (κ1) is 22.4. The molecular formula is C21H29IN6O2. The Morgan fingerprint density at radius 1 is 1.37 bits per heavy atom. The number of rotatable bonds is 6. The third-order valence-electron chi connectivity index (χ3n) is 4.65. The molecule has 1 atom stereocenters. The SMILES string of the molecule is CC(C)(C)OC(=O)N1CC[C@@H](CNc2ncc(N)c(NCc3cccc(I)c3)n2)C1. The highest BCUT2D eigenvalue weighted by Crippen LogP contribution is 2.21. The third-order valence-corrected chi connectivity index (χ3v) is 5.32. The van der Waals surface area contributed by atoms with E-state index in [4.69, 9.17) is 10.5 Å². The van der Waals surface area contributed by atoms with Gasteiger partial charge in [0.2, 0.25) is 5.95 Å². The van der Waals surface area contributed by atoms with Crippen molar-refractivity contribution in [1.82, 2.24) is 14.9 Å². The molecule has 30 heavy (non-hydrogen) atoms. The number of aromatic nitrogens is 2. The lowest BCUT2D eigenvalue weighted by molar-refractivity contribution is 0.0289. The Kier molecular flexibility index (Phi) is 7.22. The molecule has 4 N–H and O–H groups in total. The van der Waals surface area contributed by atoms with Gasteiger partial charge in [-0.05, 0) is 73.4 Å². The van der Waals surface area contributed by atoms with Crippen molar-refractivity contribution < 1.29 is 9.53 Å². The minimum atomic E-state index is -0.480. The fourth-order valence-electron chi connectivity index (χ4n) is 3.18. The van der Waals surface area contributed by atoms with Crippen LogP contribution >= 0.6 is 22.6 Å². The Hall–Kier alpha value is -2.30. The van der Waals surface area contributed by atoms with Crippen LogP contribution in [0.3, 0.4) is 0 Å². The van der Waals surface area contributed by atoms with Gasteiger partial charge in [-0.25, -0.2) is 9.78 Å². The van der Waals surface area contributed by atoms with E-state index in [0.29, 0.717) is 49.6 Å². The zero-order valence-corrected chi connectivity index (χ0v) is 19.8. The minimum Gasteiger partial charge on any atom is -0.444 e. The van der Waals surface area contributed by atoms with E-state index in [0.717, 1.165) is 12.0 Å². The number of nitrogens with two attached hydrogens (primary N) is 1. The first-order valence-corrected chi connectivity index (χ1v) is 11.1. The van der Waals surface area contributed by atoms with Gasteiger partial charge >= 0.3 is 6.09 Å². The van der Waals surface area contributed by atoms with Crippen LogP contribution in [0.25, 0.3) is 0 Å². The second kappa shape index (κ2) is 9.67. The van der Waals surface area contributed by atoms with E-state index < -0.39 is 5.60 Å². The molecule has 0 aliphatic carbocycles. The van der Waals surface area contributed by atoms with Gasteiger partial charge in [0.05, 0.1) is 11.9 Å². The summed E-state index contributed by atoms with van der Waals surface area (Å²) in [6.45, 7) is 8.31. The molecule has 1 aliphatic heterocycles. The maximum absolute atomic E-state index is 12.2. The van der Waals surface area contributed by atoms with E-state index in [1.807, 2.05) is 26.8 Å². The summed E-state index contributed by atoms with van der Waals surface area (Å²) in [5, 5.41) is 6.55. The van der Waals surface area contributed by atoms with Crippen LogP contribution in [-0.2, 0) is 11.3 Å². The van der Waals surface area contributed by atoms with Crippen molar-refractivity contribution in [3.05, 3.63) is 39.6 Å². The minimum absolute atomic E-state index is 0.254. The van der Waals surface area contributed by atoms with Crippen LogP contribution in [0.4, 0.5) is 22.2 Å². The fourth-order valence-corrected chi connectivity index (χ4v) is 3.79. The van der Waals surface area contributed by atoms with Crippen molar-refractivity contribution in [2.24, 2.45) is 5.92 Å². The number of hydrogen-bond donors (Lipinski definition) is 3. The molecule has 1 aromatic heterocycles. The number of nitrogen functional groups attached to an aromatic ring is 1. The standard InChI is InChI=1S/C21H29IN6O2/c1-21(2,3)30-20(29)28-8-7-15(13-28)11-25-19-26-12-17(23)18(27-19)24-10-14-5-4-6-16(22)9-14/h4-6,9,12,15H,7-8,10-11,13,23H2,1-3H3,(H2,24,25,26,27)/t15-/m0/s1. The summed E-state index contributed by atoms with van der Waals surface area (Å²) in [5.41, 5.74) is 7.21. The predicted molar refractivity (Wildman–Crippen MR) is 127 cm³/mol. The highest BCUT2D eigenvalue weighted by atomic mass is 127. The normalized spacial score (nSPS) is 16.4. The lowest BCUT2D eigenvalue weighted by Gasteiger charge is -2.24. The van der Waals surface area contributed by atoms with Crippen LogP contribution in [-0.4, -0.2) is 46.2 Å². The Bertz CT molecular complexity index is 886. The molecule has 1 saturated heterocycles. The molecule has 0 spiro atoms. The number of benzene rings is 1. The maximum atomic E-state index is 12.2. The maximum Gasteiger partial charge on any atom is 0.410 e. The molecule has 0 bridgehead atoms. The van der Waals surface area contributed by atoms with Crippen molar-refractivity contribution in [2.45, 2.75) is 39.3 Å². The van der Waals surface area contributed by atoms with E-state index in [9.17, 15) is 4.79 Å². The molecule has 2 aromatic rings. The molecule has 1 amide bonds. The van der Waals surface area contributed by atoms with Crippen LogP contribution in [0.5, 0.6) is 0 Å². The smallest absolute Gasteiger partial charge is 0.410 e. The summed E-state index contributed by atoms with van der Waals surface area (Å²) in [6.07, 6.45) is 2.27. The Labute approximate surface area is 191 Å². The molecule has 1 aliphatic rings. The van der Waals surface area contributed by atoms with Crippen LogP contribution in [0.2, 0.25) is 0 Å². The quantitative estimate of drug-likeness (QED) is 0.492. The zero-order chi connectivity index (χ0) is 21.7. The lowest BCUT2D eigenvalue weighted by atomic mass is 10.1. The summed E-state index contributed by atoms with van der Waals surface area (Å²) < 4.78 is 6.63. The summed E-state index contributed by atoms with van der Waals surface area (Å²) in [4.78, 5) is 22.8. The molecule has 8 nitrogen and oxygen atoms in total. The number of ether oxygens (including phenoxy) is 1. The highest BCUT2D eigenvalue weighted by molar-refractivity contribution is 14.1. The van der Waals surface area contributed by atoms with Gasteiger partial charge in [0.15, 0.2) is 5.82 Å². The molecule has 1 fully saturated rings. The van der Waals surface area contributed by atoms with E-state index >= 15 is 0 Å². The lowest BCUT2D eigenvalue weighted by Crippen LogP contribution is -2.35. The molecule has 0 radical (unpaired) electrons. The first-order valence-electron chi connectivity index (χ1n) is 10.0. The molecule has 2 heterocycles. The van der Waals surface area contributed by atoms with Crippen molar-refractivity contribution in [3.8, 4) is 0 Å². The number of anilines is 3. The molecule has 162 valence electrons. The van der Waals surface area contributed by atoms with Gasteiger partial charge in [-0.3, -0.25) is 0 Å². The largest absolute Gasteiger partial charge is 0.444 e. The summed E-state index contributed by atoms with van der Waals surface area (Å²) >= 11 is 2.29. The van der Waals surface area contributed by atoms with E-state index in [1.165, 1.54) is 3.57 Å². The monoisotopic (exact) mass is 524 g/mol. The van der Waals surface area contributed by atoms with E-state index in [-0.39, 0.29) is 6.09 Å². The second-order valence-electron chi connectivity index (χ2n) is 8.44. The second-order valence-corrected chi connectivity index (χ2v) is 9.69. The highest BCUT2D eigenvalue weighted by Gasteiger charge is 2.29. The third kappa shape index (κ3) is 6.61. The molecule has 3 rings (SSSR count). The number of carbonyl (C=O) groups is 1. The topological polar surface area (TPSA) is 105 Å². The van der Waals surface area contributed by atoms with E-state index in [2.05, 4.69) is 61.4 Å². The van der Waals surface area contributed by atoms with Crippen molar-refractivity contribution in [2.75, 3.05) is 36.0 Å². The Morgan fingerprint density at radius 2 is 2.17 bits per heavy atom. The van der Waals surface area contributed by atoms with Crippen molar-refractivity contribution >= 4 is 46.1 Å². The first-order chi connectivity index (χ1) is 14.2. The Morgan fingerprint density at radius 3 is 2.90 bits per heavy atom. The van der Waals surface area contributed by atoms with Gasteiger partial charge in [0.1, 0.15) is 5.60 Å². The fraction of sp³-hybridized carbons (Fsp3) is 0.476. The molecule has 1 aromatic carbocycles. The van der Waals surface area contributed by atoms with Crippen molar-refractivity contribution in [1.29, 1.82) is 0 Å². The number of nitrogens with zero attached hydrogens (tertiary/aromatic N) is 3. The number of halogens is 1. The van der Waals surface area contributed by atoms with Gasteiger partial charge in [0.25, 0.3) is 0 Å². The summed E-state index contributed by atoms with van der Waals surface area (Å²) in [7, 11) is 0. The zero-order valence-electron chi connectivity index (χ0n) is 17.6. The van der Waals surface area contributed by atoms with Gasteiger partial charge in [-0.1, -0.05) is 12.1 Å². The van der Waals surface area contributed by atoms with Gasteiger partial charge < -0.3 is 26.0 Å². The number of nitrogens with one attached hydrogen (secondary N) is 2. The van der Waals surface area contributed by atoms with Gasteiger partial charge in [-0.15, -0.1) is 0 Å². The predicted octanol–water partition coefficient (Wildman–Crippen LogP) is 3.94. The van der Waals surface area contributed by atoms with Gasteiger partial charge in [-0.2, -0.15) is 4.98 Å². The summed E-state index contributed by atoms with van der Waals surface area (Å²) in [5.74, 6) is 1.44. The van der Waals surface area contributed by atoms with E-state index in [1.54, 1.807) is 11.1 Å². The number of likely N-dealkylation sites (tertiary alicyclic amines) is 1. The molecule has 9 heteroatoms. The number of hydrogen-bond acceptors (Lipinski definition) is 7. The molecule has 0 unspecified atom stereocenters. The van der Waals surface area contributed by atoms with Crippen LogP contribution in [0, 0.1) is 9.49 Å². The van der Waals surface area contributed by atoms with Crippen molar-refractivity contribution in [3.63, 3.8) is 0 Å². The average molecular weight is 524 g/mol. The molecular weight excluding hydrogens is 495 g/mol. The molecule has 0 saturated carbocycles. The number of amides is 1. The average Bonchev–Trinajstić information content (AvgIpc) is 3.14.